The van der Waals surface area contributed by atoms with Crippen LogP contribution < -0.4 is 5.32 Å². The lowest BCUT2D eigenvalue weighted by Gasteiger charge is -2.28. The summed E-state index contributed by atoms with van der Waals surface area (Å²) in [5, 5.41) is 21.4. The van der Waals surface area contributed by atoms with Gasteiger partial charge in [-0.15, -0.1) is 0 Å². The molecule has 104 valence electrons. The summed E-state index contributed by atoms with van der Waals surface area (Å²) in [5.74, 6) is -1.56. The van der Waals surface area contributed by atoms with Crippen LogP contribution in [0, 0.1) is 3.57 Å². The van der Waals surface area contributed by atoms with Gasteiger partial charge in [0.25, 0.3) is 5.91 Å². The summed E-state index contributed by atoms with van der Waals surface area (Å²) < 4.78 is 0.629. The minimum absolute atomic E-state index is 0.00201. The van der Waals surface area contributed by atoms with Gasteiger partial charge in [0.15, 0.2) is 0 Å². The highest BCUT2D eigenvalue weighted by Gasteiger charge is 2.36. The van der Waals surface area contributed by atoms with Crippen LogP contribution in [0.25, 0.3) is 0 Å². The van der Waals surface area contributed by atoms with Crippen molar-refractivity contribution in [2.24, 2.45) is 0 Å². The number of nitrogens with one attached hydrogen (secondary N) is 1. The Labute approximate surface area is 125 Å². The van der Waals surface area contributed by atoms with Gasteiger partial charge in [-0.1, -0.05) is 13.8 Å². The SMILES string of the molecule is CCC(CC)(NC(=O)c1ccc(I)c(O)c1)C(=O)O. The van der Waals surface area contributed by atoms with Gasteiger partial charge in [0.1, 0.15) is 11.3 Å². The van der Waals surface area contributed by atoms with Gasteiger partial charge in [0.05, 0.1) is 3.57 Å². The second-order valence-corrected chi connectivity index (χ2v) is 5.38. The summed E-state index contributed by atoms with van der Waals surface area (Å²) in [4.78, 5) is 23.4. The monoisotopic (exact) mass is 377 g/mol. The lowest BCUT2D eigenvalue weighted by atomic mass is 9.92. The number of phenolic OH excluding ortho intramolecular Hbond substituents is 1. The average Bonchev–Trinajstić information content (AvgIpc) is 2.38. The summed E-state index contributed by atoms with van der Waals surface area (Å²) in [6, 6.07) is 4.48. The summed E-state index contributed by atoms with van der Waals surface area (Å²) in [5.41, 5.74) is -1.03. The number of hydrogen-bond acceptors (Lipinski definition) is 3. The van der Waals surface area contributed by atoms with E-state index in [0.29, 0.717) is 16.4 Å². The fourth-order valence-corrected chi connectivity index (χ4v) is 2.06. The Morgan fingerprint density at radius 1 is 1.32 bits per heavy atom. The molecule has 19 heavy (non-hydrogen) atoms. The van der Waals surface area contributed by atoms with Crippen LogP contribution in [-0.4, -0.2) is 27.6 Å². The first kappa shape index (κ1) is 15.7. The molecule has 0 fully saturated rings. The quantitative estimate of drug-likeness (QED) is 0.688. The van der Waals surface area contributed by atoms with Crippen LogP contribution in [0.1, 0.15) is 37.0 Å². The number of halogens is 1. The Morgan fingerprint density at radius 3 is 2.32 bits per heavy atom. The molecule has 6 heteroatoms. The lowest BCUT2D eigenvalue weighted by molar-refractivity contribution is -0.144. The normalized spacial score (nSPS) is 11.1. The number of phenols is 1. The molecule has 0 aromatic heterocycles. The third-order valence-electron chi connectivity index (χ3n) is 3.18. The van der Waals surface area contributed by atoms with Gasteiger partial charge in [0.2, 0.25) is 0 Å². The van der Waals surface area contributed by atoms with Crippen LogP contribution in [0.2, 0.25) is 0 Å². The molecule has 0 aliphatic rings. The largest absolute Gasteiger partial charge is 0.507 e. The van der Waals surface area contributed by atoms with Crippen molar-refractivity contribution in [3.63, 3.8) is 0 Å². The van der Waals surface area contributed by atoms with Crippen molar-refractivity contribution < 1.29 is 19.8 Å². The maximum atomic E-state index is 12.1. The molecular formula is C13H16INO4. The van der Waals surface area contributed by atoms with E-state index in [0.717, 1.165) is 0 Å². The van der Waals surface area contributed by atoms with Gasteiger partial charge in [-0.3, -0.25) is 4.79 Å². The number of carbonyl (C=O) groups is 2. The van der Waals surface area contributed by atoms with Crippen LogP contribution in [-0.2, 0) is 4.79 Å². The number of aliphatic carboxylic acids is 1. The maximum Gasteiger partial charge on any atom is 0.329 e. The molecule has 1 amide bonds. The van der Waals surface area contributed by atoms with E-state index in [2.05, 4.69) is 5.32 Å². The molecular weight excluding hydrogens is 361 g/mol. The summed E-state index contributed by atoms with van der Waals surface area (Å²) in [6.07, 6.45) is 0.585. The molecule has 1 aromatic carbocycles. The van der Waals surface area contributed by atoms with Crippen molar-refractivity contribution in [3.05, 3.63) is 27.3 Å². The maximum absolute atomic E-state index is 12.1. The summed E-state index contributed by atoms with van der Waals surface area (Å²) >= 11 is 1.94. The first-order valence-electron chi connectivity index (χ1n) is 5.90. The number of carbonyl (C=O) groups excluding carboxylic acids is 1. The number of carboxylic acid groups (broad SMARTS) is 1. The zero-order valence-electron chi connectivity index (χ0n) is 10.7. The van der Waals surface area contributed by atoms with Gasteiger partial charge in [-0.25, -0.2) is 4.79 Å². The number of benzene rings is 1. The van der Waals surface area contributed by atoms with E-state index in [1.807, 2.05) is 22.6 Å². The molecule has 0 atom stereocenters. The topological polar surface area (TPSA) is 86.6 Å². The molecule has 0 radical (unpaired) electrons. The van der Waals surface area contributed by atoms with Gasteiger partial charge in [-0.2, -0.15) is 0 Å². The standard InChI is InChI=1S/C13H16INO4/c1-3-13(4-2,12(18)19)15-11(17)8-5-6-9(14)10(16)7-8/h5-7,16H,3-4H2,1-2H3,(H,15,17)(H,18,19). The number of amides is 1. The van der Waals surface area contributed by atoms with E-state index in [4.69, 9.17) is 0 Å². The second kappa shape index (κ2) is 6.23. The Hall–Kier alpha value is -1.31. The second-order valence-electron chi connectivity index (χ2n) is 4.21. The molecule has 0 unspecified atom stereocenters. The molecule has 0 bridgehead atoms. The van der Waals surface area contributed by atoms with Gasteiger partial charge in [-0.05, 0) is 53.6 Å². The fourth-order valence-electron chi connectivity index (χ4n) is 1.73. The van der Waals surface area contributed by atoms with E-state index in [1.165, 1.54) is 6.07 Å². The number of hydrogen-bond donors (Lipinski definition) is 3. The minimum atomic E-state index is -1.27. The Kier molecular flexibility index (Phi) is 5.16. The van der Waals surface area contributed by atoms with Crippen molar-refractivity contribution in [3.8, 4) is 5.75 Å². The van der Waals surface area contributed by atoms with Crippen molar-refractivity contribution in [2.45, 2.75) is 32.2 Å². The fraction of sp³-hybridized carbons (Fsp3) is 0.385. The smallest absolute Gasteiger partial charge is 0.329 e. The van der Waals surface area contributed by atoms with Gasteiger partial charge in [0, 0.05) is 5.56 Å². The number of rotatable bonds is 5. The van der Waals surface area contributed by atoms with Crippen LogP contribution in [0.15, 0.2) is 18.2 Å². The third-order valence-corrected chi connectivity index (χ3v) is 4.09. The van der Waals surface area contributed by atoms with Crippen LogP contribution in [0.5, 0.6) is 5.75 Å². The third kappa shape index (κ3) is 3.37. The van der Waals surface area contributed by atoms with Gasteiger partial charge >= 0.3 is 5.97 Å². The Morgan fingerprint density at radius 2 is 1.89 bits per heavy atom. The molecule has 0 saturated carbocycles. The zero-order chi connectivity index (χ0) is 14.6. The van der Waals surface area contributed by atoms with E-state index < -0.39 is 17.4 Å². The van der Waals surface area contributed by atoms with E-state index in [1.54, 1.807) is 26.0 Å². The predicted molar refractivity (Wildman–Crippen MR) is 79.2 cm³/mol. The van der Waals surface area contributed by atoms with Crippen molar-refractivity contribution in [2.75, 3.05) is 0 Å². The predicted octanol–water partition coefficient (Wildman–Crippen LogP) is 2.37. The van der Waals surface area contributed by atoms with Crippen LogP contribution >= 0.6 is 22.6 Å². The highest BCUT2D eigenvalue weighted by Crippen LogP contribution is 2.22. The van der Waals surface area contributed by atoms with E-state index in [9.17, 15) is 19.8 Å². The molecule has 1 rings (SSSR count). The lowest BCUT2D eigenvalue weighted by Crippen LogP contribution is -2.53. The van der Waals surface area contributed by atoms with Crippen LogP contribution in [0.4, 0.5) is 0 Å². The minimum Gasteiger partial charge on any atom is -0.507 e. The Balaban J connectivity index is 3.00. The zero-order valence-corrected chi connectivity index (χ0v) is 12.9. The molecule has 1 aromatic rings. The summed E-state index contributed by atoms with van der Waals surface area (Å²) in [6.45, 7) is 3.42. The van der Waals surface area contributed by atoms with Gasteiger partial charge < -0.3 is 15.5 Å². The number of carboxylic acids is 1. The molecule has 0 aliphatic heterocycles. The molecule has 3 N–H and O–H groups in total. The first-order valence-corrected chi connectivity index (χ1v) is 6.98. The molecule has 0 heterocycles. The highest BCUT2D eigenvalue weighted by molar-refractivity contribution is 14.1. The molecule has 0 spiro atoms. The number of aromatic hydroxyl groups is 1. The molecule has 5 nitrogen and oxygen atoms in total. The van der Waals surface area contributed by atoms with Crippen LogP contribution in [0.3, 0.4) is 0 Å². The van der Waals surface area contributed by atoms with E-state index in [-0.39, 0.29) is 11.3 Å². The summed E-state index contributed by atoms with van der Waals surface area (Å²) in [7, 11) is 0. The molecule has 0 saturated heterocycles. The average molecular weight is 377 g/mol. The Bertz CT molecular complexity index is 497. The van der Waals surface area contributed by atoms with Crippen molar-refractivity contribution in [1.29, 1.82) is 0 Å². The molecule has 0 aliphatic carbocycles. The first-order chi connectivity index (χ1) is 8.86. The van der Waals surface area contributed by atoms with Crippen molar-refractivity contribution >= 4 is 34.5 Å². The van der Waals surface area contributed by atoms with E-state index >= 15 is 0 Å². The highest BCUT2D eigenvalue weighted by atomic mass is 127. The van der Waals surface area contributed by atoms with Crippen molar-refractivity contribution in [1.82, 2.24) is 5.32 Å².